The molecule has 0 aromatic carbocycles. The van der Waals surface area contributed by atoms with Gasteiger partial charge in [-0.3, -0.25) is 4.79 Å². The first-order chi connectivity index (χ1) is 7.29. The number of aromatic nitrogens is 1. The number of hydrogen-bond donors (Lipinski definition) is 2. The van der Waals surface area contributed by atoms with E-state index in [1.54, 1.807) is 12.3 Å². The Morgan fingerprint density at radius 2 is 2.19 bits per heavy atom. The van der Waals surface area contributed by atoms with Gasteiger partial charge in [-0.15, -0.1) is 0 Å². The fourth-order valence-corrected chi connectivity index (χ4v) is 1.40. The maximum absolute atomic E-state index is 11.8. The van der Waals surface area contributed by atoms with Crippen LogP contribution in [0.5, 0.6) is 0 Å². The van der Waals surface area contributed by atoms with Gasteiger partial charge in [-0.2, -0.15) is 0 Å². The Morgan fingerprint density at radius 1 is 1.56 bits per heavy atom. The van der Waals surface area contributed by atoms with E-state index in [0.29, 0.717) is 12.1 Å². The van der Waals surface area contributed by atoms with Crippen LogP contribution >= 0.6 is 15.9 Å². The summed E-state index contributed by atoms with van der Waals surface area (Å²) in [6.07, 6.45) is 1.57. The molecule has 0 spiro atoms. The molecule has 88 valence electrons. The number of nitrogens with two attached hydrogens (primary N) is 1. The van der Waals surface area contributed by atoms with Gasteiger partial charge in [0.15, 0.2) is 0 Å². The summed E-state index contributed by atoms with van der Waals surface area (Å²) in [5.74, 6) is 0.0517. The van der Waals surface area contributed by atoms with Gasteiger partial charge in [0.05, 0.1) is 5.56 Å². The van der Waals surface area contributed by atoms with Crippen molar-refractivity contribution < 1.29 is 4.79 Å². The molecule has 0 aliphatic rings. The molecule has 0 saturated heterocycles. The van der Waals surface area contributed by atoms with Crippen LogP contribution in [0.3, 0.4) is 0 Å². The normalized spacial score (nSPS) is 11.2. The molecule has 0 unspecified atom stereocenters. The molecule has 5 heteroatoms. The fraction of sp³-hybridized carbons (Fsp3) is 0.455. The Labute approximate surface area is 104 Å². The predicted octanol–water partition coefficient (Wildman–Crippen LogP) is 2.20. The molecule has 0 saturated carbocycles. The SMILES string of the molecule is CC(C)(C)CNC(=O)c1cc(Br)cnc1N. The second-order valence-electron chi connectivity index (χ2n) is 4.83. The van der Waals surface area contributed by atoms with Crippen LogP contribution < -0.4 is 11.1 Å². The number of halogens is 1. The number of nitrogens with one attached hydrogen (secondary N) is 1. The Kier molecular flexibility index (Phi) is 3.91. The maximum atomic E-state index is 11.8. The molecule has 0 fully saturated rings. The van der Waals surface area contributed by atoms with Crippen LogP contribution in [-0.4, -0.2) is 17.4 Å². The third kappa shape index (κ3) is 3.81. The standard InChI is InChI=1S/C11H16BrN3O/c1-11(2,3)6-15-10(16)8-4-7(12)5-14-9(8)13/h4-5H,6H2,1-3H3,(H2,13,14)(H,15,16). The van der Waals surface area contributed by atoms with Crippen molar-refractivity contribution in [1.29, 1.82) is 0 Å². The first-order valence-corrected chi connectivity index (χ1v) is 5.78. The van der Waals surface area contributed by atoms with E-state index in [4.69, 9.17) is 5.73 Å². The van der Waals surface area contributed by atoms with Crippen LogP contribution in [0.1, 0.15) is 31.1 Å². The number of amides is 1. The highest BCUT2D eigenvalue weighted by molar-refractivity contribution is 9.10. The summed E-state index contributed by atoms with van der Waals surface area (Å²) in [7, 11) is 0. The van der Waals surface area contributed by atoms with Crippen molar-refractivity contribution in [2.24, 2.45) is 5.41 Å². The summed E-state index contributed by atoms with van der Waals surface area (Å²) < 4.78 is 0.739. The minimum Gasteiger partial charge on any atom is -0.383 e. The van der Waals surface area contributed by atoms with Gasteiger partial charge in [-0.25, -0.2) is 4.98 Å². The zero-order valence-electron chi connectivity index (χ0n) is 9.67. The van der Waals surface area contributed by atoms with Crippen LogP contribution in [-0.2, 0) is 0 Å². The van der Waals surface area contributed by atoms with Crippen molar-refractivity contribution in [3.63, 3.8) is 0 Å². The molecule has 0 atom stereocenters. The molecule has 0 radical (unpaired) electrons. The van der Waals surface area contributed by atoms with Crippen molar-refractivity contribution >= 4 is 27.7 Å². The van der Waals surface area contributed by atoms with E-state index < -0.39 is 0 Å². The monoisotopic (exact) mass is 285 g/mol. The molecular weight excluding hydrogens is 270 g/mol. The highest BCUT2D eigenvalue weighted by atomic mass is 79.9. The van der Waals surface area contributed by atoms with E-state index in [1.165, 1.54) is 0 Å². The van der Waals surface area contributed by atoms with Crippen molar-refractivity contribution in [2.75, 3.05) is 12.3 Å². The van der Waals surface area contributed by atoms with Gasteiger partial charge in [0, 0.05) is 17.2 Å². The van der Waals surface area contributed by atoms with Crippen molar-refractivity contribution in [3.05, 3.63) is 22.3 Å². The smallest absolute Gasteiger partial charge is 0.255 e. The Bertz CT molecular complexity index is 399. The number of hydrogen-bond acceptors (Lipinski definition) is 3. The minimum atomic E-state index is -0.193. The lowest BCUT2D eigenvalue weighted by atomic mass is 9.97. The van der Waals surface area contributed by atoms with E-state index in [0.717, 1.165) is 4.47 Å². The Hall–Kier alpha value is -1.10. The molecule has 1 aromatic heterocycles. The van der Waals surface area contributed by atoms with E-state index in [1.807, 2.05) is 0 Å². The van der Waals surface area contributed by atoms with Crippen LogP contribution in [0.15, 0.2) is 16.7 Å². The lowest BCUT2D eigenvalue weighted by molar-refractivity contribution is 0.0940. The van der Waals surface area contributed by atoms with Crippen LogP contribution in [0.4, 0.5) is 5.82 Å². The molecule has 1 aromatic rings. The average Bonchev–Trinajstić information content (AvgIpc) is 2.17. The van der Waals surface area contributed by atoms with Crippen LogP contribution in [0, 0.1) is 5.41 Å². The molecule has 16 heavy (non-hydrogen) atoms. The largest absolute Gasteiger partial charge is 0.383 e. The van der Waals surface area contributed by atoms with E-state index in [9.17, 15) is 4.79 Å². The fourth-order valence-electron chi connectivity index (χ4n) is 1.07. The van der Waals surface area contributed by atoms with Gasteiger partial charge in [0.2, 0.25) is 0 Å². The molecule has 0 aliphatic heterocycles. The number of carbonyl (C=O) groups excluding carboxylic acids is 1. The zero-order valence-corrected chi connectivity index (χ0v) is 11.3. The molecular formula is C11H16BrN3O. The van der Waals surface area contributed by atoms with Gasteiger partial charge >= 0.3 is 0 Å². The highest BCUT2D eigenvalue weighted by Crippen LogP contribution is 2.16. The second-order valence-corrected chi connectivity index (χ2v) is 5.75. The predicted molar refractivity (Wildman–Crippen MR) is 68.1 cm³/mol. The molecule has 0 bridgehead atoms. The third-order valence-electron chi connectivity index (χ3n) is 1.91. The van der Waals surface area contributed by atoms with Gasteiger partial charge in [-0.1, -0.05) is 20.8 Å². The van der Waals surface area contributed by atoms with Crippen LogP contribution in [0.25, 0.3) is 0 Å². The van der Waals surface area contributed by atoms with E-state index in [2.05, 4.69) is 47.0 Å². The van der Waals surface area contributed by atoms with Gasteiger partial charge in [-0.05, 0) is 27.4 Å². The van der Waals surface area contributed by atoms with Gasteiger partial charge in [0.1, 0.15) is 5.82 Å². The number of anilines is 1. The van der Waals surface area contributed by atoms with E-state index in [-0.39, 0.29) is 17.1 Å². The quantitative estimate of drug-likeness (QED) is 0.875. The molecule has 3 N–H and O–H groups in total. The van der Waals surface area contributed by atoms with Gasteiger partial charge in [0.25, 0.3) is 5.91 Å². The van der Waals surface area contributed by atoms with Gasteiger partial charge < -0.3 is 11.1 Å². The number of nitrogens with zero attached hydrogens (tertiary/aromatic N) is 1. The summed E-state index contributed by atoms with van der Waals surface area (Å²) in [6, 6.07) is 1.67. The lowest BCUT2D eigenvalue weighted by Crippen LogP contribution is -2.32. The van der Waals surface area contributed by atoms with Crippen LogP contribution in [0.2, 0.25) is 0 Å². The topological polar surface area (TPSA) is 68.0 Å². The highest BCUT2D eigenvalue weighted by Gasteiger charge is 2.15. The lowest BCUT2D eigenvalue weighted by Gasteiger charge is -2.18. The zero-order chi connectivity index (χ0) is 12.3. The molecule has 0 aliphatic carbocycles. The average molecular weight is 286 g/mol. The molecule has 1 heterocycles. The molecule has 4 nitrogen and oxygen atoms in total. The Morgan fingerprint density at radius 3 is 2.75 bits per heavy atom. The second kappa shape index (κ2) is 4.82. The molecule has 1 amide bonds. The summed E-state index contributed by atoms with van der Waals surface area (Å²) in [5, 5.41) is 2.83. The first-order valence-electron chi connectivity index (χ1n) is 4.99. The summed E-state index contributed by atoms with van der Waals surface area (Å²) in [6.45, 7) is 6.75. The third-order valence-corrected chi connectivity index (χ3v) is 2.34. The summed E-state index contributed by atoms with van der Waals surface area (Å²) in [4.78, 5) is 15.7. The molecule has 1 rings (SSSR count). The maximum Gasteiger partial charge on any atom is 0.255 e. The Balaban J connectivity index is 2.77. The van der Waals surface area contributed by atoms with E-state index >= 15 is 0 Å². The number of pyridine rings is 1. The number of carbonyl (C=O) groups is 1. The number of nitrogen functional groups attached to an aromatic ring is 1. The summed E-state index contributed by atoms with van der Waals surface area (Å²) >= 11 is 3.26. The van der Waals surface area contributed by atoms with Crippen molar-refractivity contribution in [3.8, 4) is 0 Å². The summed E-state index contributed by atoms with van der Waals surface area (Å²) in [5.41, 5.74) is 6.08. The minimum absolute atomic E-state index is 0.0455. The van der Waals surface area contributed by atoms with Crippen molar-refractivity contribution in [1.82, 2.24) is 10.3 Å². The van der Waals surface area contributed by atoms with Crippen molar-refractivity contribution in [2.45, 2.75) is 20.8 Å². The number of rotatable bonds is 2. The first kappa shape index (κ1) is 13.0.